The minimum atomic E-state index is -0.798. The third-order valence-corrected chi connectivity index (χ3v) is 2.81. The first kappa shape index (κ1) is 15.9. The maximum atomic E-state index is 13.7. The van der Waals surface area contributed by atoms with Gasteiger partial charge in [-0.3, -0.25) is 9.59 Å². The summed E-state index contributed by atoms with van der Waals surface area (Å²) in [6.07, 6.45) is 0.627. The van der Waals surface area contributed by atoms with Gasteiger partial charge in [-0.05, 0) is 18.6 Å². The molecule has 1 aromatic carbocycles. The highest BCUT2D eigenvalue weighted by Crippen LogP contribution is 2.21. The van der Waals surface area contributed by atoms with Crippen LogP contribution in [-0.2, 0) is 4.79 Å². The van der Waals surface area contributed by atoms with Crippen LogP contribution in [0.2, 0.25) is 0 Å². The van der Waals surface area contributed by atoms with E-state index in [4.69, 9.17) is 0 Å². The lowest BCUT2D eigenvalue weighted by Gasteiger charge is -2.23. The van der Waals surface area contributed by atoms with Gasteiger partial charge in [-0.15, -0.1) is 0 Å². The Morgan fingerprint density at radius 2 is 1.95 bits per heavy atom. The molecule has 0 saturated carbocycles. The van der Waals surface area contributed by atoms with Crippen LogP contribution in [-0.4, -0.2) is 53.9 Å². The van der Waals surface area contributed by atoms with E-state index in [2.05, 4.69) is 0 Å². The van der Waals surface area contributed by atoms with Crippen molar-refractivity contribution in [2.75, 3.05) is 27.2 Å². The van der Waals surface area contributed by atoms with E-state index in [9.17, 15) is 19.1 Å². The van der Waals surface area contributed by atoms with E-state index in [-0.39, 0.29) is 12.5 Å². The number of halogens is 1. The summed E-state index contributed by atoms with van der Waals surface area (Å²) in [7, 11) is 3.16. The zero-order valence-corrected chi connectivity index (χ0v) is 11.9. The molecule has 0 saturated heterocycles. The quantitative estimate of drug-likeness (QED) is 0.889. The molecule has 20 heavy (non-hydrogen) atoms. The van der Waals surface area contributed by atoms with Crippen LogP contribution >= 0.6 is 0 Å². The number of likely N-dealkylation sites (N-methyl/N-ethyl adjacent to an activating group) is 1. The molecule has 0 heterocycles. The highest BCUT2D eigenvalue weighted by molar-refractivity contribution is 5.98. The number of phenolic OH excluding ortho intramolecular Hbond substituents is 1. The largest absolute Gasteiger partial charge is 0.507 e. The molecule has 1 rings (SSSR count). The molecule has 0 fully saturated rings. The number of nitrogens with zero attached hydrogens (tertiary/aromatic N) is 2. The van der Waals surface area contributed by atoms with Crippen molar-refractivity contribution < 1.29 is 19.1 Å². The number of hydrogen-bond acceptors (Lipinski definition) is 3. The van der Waals surface area contributed by atoms with Crippen molar-refractivity contribution in [3.8, 4) is 5.75 Å². The van der Waals surface area contributed by atoms with Crippen molar-refractivity contribution >= 4 is 11.8 Å². The maximum Gasteiger partial charge on any atom is 0.261 e. The molecule has 110 valence electrons. The van der Waals surface area contributed by atoms with Crippen molar-refractivity contribution in [1.29, 1.82) is 0 Å². The fraction of sp³-hybridized carbons (Fsp3) is 0.429. The third kappa shape index (κ3) is 3.69. The van der Waals surface area contributed by atoms with Gasteiger partial charge in [0.2, 0.25) is 5.91 Å². The van der Waals surface area contributed by atoms with E-state index in [1.54, 1.807) is 14.1 Å². The maximum absolute atomic E-state index is 13.7. The van der Waals surface area contributed by atoms with Crippen LogP contribution in [0, 0.1) is 5.82 Å². The van der Waals surface area contributed by atoms with E-state index < -0.39 is 23.0 Å². The number of benzene rings is 1. The summed E-state index contributed by atoms with van der Waals surface area (Å²) in [5, 5.41) is 9.64. The number of hydrogen-bond donors (Lipinski definition) is 1. The molecule has 0 spiro atoms. The average Bonchev–Trinajstić information content (AvgIpc) is 2.37. The lowest BCUT2D eigenvalue weighted by molar-refractivity contribution is -0.129. The van der Waals surface area contributed by atoms with Crippen molar-refractivity contribution in [3.63, 3.8) is 0 Å². The second-order valence-corrected chi connectivity index (χ2v) is 4.65. The summed E-state index contributed by atoms with van der Waals surface area (Å²) in [5.74, 6) is -2.16. The SMILES string of the molecule is CCCN(CC(=O)N(C)C)C(=O)c1c(O)cccc1F. The van der Waals surface area contributed by atoms with Crippen molar-refractivity contribution in [3.05, 3.63) is 29.6 Å². The van der Waals surface area contributed by atoms with E-state index >= 15 is 0 Å². The van der Waals surface area contributed by atoms with E-state index in [0.29, 0.717) is 13.0 Å². The molecular weight excluding hydrogens is 263 g/mol. The number of rotatable bonds is 5. The summed E-state index contributed by atoms with van der Waals surface area (Å²) in [5.41, 5.74) is -0.396. The molecular formula is C14H19FN2O3. The topological polar surface area (TPSA) is 60.9 Å². The number of amides is 2. The number of carbonyl (C=O) groups excluding carboxylic acids is 2. The standard InChI is InChI=1S/C14H19FN2O3/c1-4-8-17(9-12(19)16(2)3)14(20)13-10(15)6-5-7-11(13)18/h5-7,18H,4,8-9H2,1-3H3. The van der Waals surface area contributed by atoms with Crippen LogP contribution < -0.4 is 0 Å². The van der Waals surface area contributed by atoms with Gasteiger partial charge in [0, 0.05) is 20.6 Å². The Morgan fingerprint density at radius 3 is 2.45 bits per heavy atom. The summed E-state index contributed by atoms with van der Waals surface area (Å²) < 4.78 is 13.7. The third-order valence-electron chi connectivity index (χ3n) is 2.81. The molecule has 5 nitrogen and oxygen atoms in total. The number of aromatic hydroxyl groups is 1. The first-order chi connectivity index (χ1) is 9.38. The van der Waals surface area contributed by atoms with Gasteiger partial charge in [-0.1, -0.05) is 13.0 Å². The van der Waals surface area contributed by atoms with E-state index in [1.165, 1.54) is 21.9 Å². The lowest BCUT2D eigenvalue weighted by atomic mass is 10.1. The Hall–Kier alpha value is -2.11. The molecule has 1 aromatic rings. The molecule has 1 N–H and O–H groups in total. The normalized spacial score (nSPS) is 10.2. The predicted molar refractivity (Wildman–Crippen MR) is 73.0 cm³/mol. The van der Waals surface area contributed by atoms with Gasteiger partial charge < -0.3 is 14.9 Å². The van der Waals surface area contributed by atoms with Gasteiger partial charge in [0.1, 0.15) is 23.7 Å². The van der Waals surface area contributed by atoms with Crippen LogP contribution in [0.4, 0.5) is 4.39 Å². The summed E-state index contributed by atoms with van der Waals surface area (Å²) >= 11 is 0. The molecule has 0 bridgehead atoms. The van der Waals surface area contributed by atoms with Gasteiger partial charge in [-0.25, -0.2) is 4.39 Å². The molecule has 0 aliphatic carbocycles. The molecule has 6 heteroatoms. The highest BCUT2D eigenvalue weighted by atomic mass is 19.1. The van der Waals surface area contributed by atoms with Crippen LogP contribution in [0.1, 0.15) is 23.7 Å². The average molecular weight is 282 g/mol. The lowest BCUT2D eigenvalue weighted by Crippen LogP contribution is -2.41. The van der Waals surface area contributed by atoms with Gasteiger partial charge in [0.05, 0.1) is 0 Å². The molecule has 0 radical (unpaired) electrons. The van der Waals surface area contributed by atoms with Crippen molar-refractivity contribution in [2.45, 2.75) is 13.3 Å². The van der Waals surface area contributed by atoms with Gasteiger partial charge in [0.25, 0.3) is 5.91 Å². The Balaban J connectivity index is 3.02. The van der Waals surface area contributed by atoms with Crippen LogP contribution in [0.25, 0.3) is 0 Å². The Kier molecular flexibility index (Phi) is 5.49. The Labute approximate surface area is 117 Å². The minimum Gasteiger partial charge on any atom is -0.507 e. The summed E-state index contributed by atoms with van der Waals surface area (Å²) in [6.45, 7) is 2.02. The second kappa shape index (κ2) is 6.88. The summed E-state index contributed by atoms with van der Waals surface area (Å²) in [4.78, 5) is 26.6. The molecule has 0 aromatic heterocycles. The zero-order chi connectivity index (χ0) is 15.3. The molecule has 0 unspecified atom stereocenters. The van der Waals surface area contributed by atoms with Gasteiger partial charge >= 0.3 is 0 Å². The molecule has 0 aliphatic rings. The second-order valence-electron chi connectivity index (χ2n) is 4.65. The first-order valence-electron chi connectivity index (χ1n) is 6.35. The van der Waals surface area contributed by atoms with Crippen molar-refractivity contribution in [2.24, 2.45) is 0 Å². The summed E-state index contributed by atoms with van der Waals surface area (Å²) in [6, 6.07) is 3.66. The minimum absolute atomic E-state index is 0.145. The monoisotopic (exact) mass is 282 g/mol. The highest BCUT2D eigenvalue weighted by Gasteiger charge is 2.24. The van der Waals surface area contributed by atoms with Gasteiger partial charge in [0.15, 0.2) is 0 Å². The first-order valence-corrected chi connectivity index (χ1v) is 6.35. The number of carbonyl (C=O) groups is 2. The molecule has 2 amide bonds. The fourth-order valence-electron chi connectivity index (χ4n) is 1.71. The molecule has 0 aliphatic heterocycles. The van der Waals surface area contributed by atoms with Crippen LogP contribution in [0.3, 0.4) is 0 Å². The Morgan fingerprint density at radius 1 is 1.30 bits per heavy atom. The van der Waals surface area contributed by atoms with Crippen molar-refractivity contribution in [1.82, 2.24) is 9.80 Å². The smallest absolute Gasteiger partial charge is 0.261 e. The van der Waals surface area contributed by atoms with E-state index in [1.807, 2.05) is 6.92 Å². The van der Waals surface area contributed by atoms with Gasteiger partial charge in [-0.2, -0.15) is 0 Å². The number of phenols is 1. The fourth-order valence-corrected chi connectivity index (χ4v) is 1.71. The molecule has 0 atom stereocenters. The van der Waals surface area contributed by atoms with E-state index in [0.717, 1.165) is 6.07 Å². The zero-order valence-electron chi connectivity index (χ0n) is 11.9. The predicted octanol–water partition coefficient (Wildman–Crippen LogP) is 1.47. The Bertz CT molecular complexity index is 483. The van der Waals surface area contributed by atoms with Crippen LogP contribution in [0.5, 0.6) is 5.75 Å². The van der Waals surface area contributed by atoms with Crippen LogP contribution in [0.15, 0.2) is 18.2 Å².